The van der Waals surface area contributed by atoms with E-state index in [4.69, 9.17) is 5.11 Å². The third-order valence-corrected chi connectivity index (χ3v) is 4.96. The van der Waals surface area contributed by atoms with Gasteiger partial charge in [-0.05, 0) is 74.1 Å². The zero-order valence-electron chi connectivity index (χ0n) is 11.9. The zero-order valence-corrected chi connectivity index (χ0v) is 12.7. The highest BCUT2D eigenvalue weighted by molar-refractivity contribution is 7.17. The number of hydrogen-bond donors (Lipinski definition) is 1. The summed E-state index contributed by atoms with van der Waals surface area (Å²) in [5.41, 5.74) is 7.23. The van der Waals surface area contributed by atoms with Crippen LogP contribution in [0.1, 0.15) is 37.5 Å². The first-order valence-corrected chi connectivity index (χ1v) is 7.06. The molecule has 1 heterocycles. The predicted molar refractivity (Wildman–Crippen MR) is 80.4 cm³/mol. The maximum Gasteiger partial charge on any atom is 0.345 e. The Morgan fingerprint density at radius 2 is 1.47 bits per heavy atom. The number of carboxylic acids is 1. The third-order valence-electron chi connectivity index (χ3n) is 3.72. The Hall–Kier alpha value is -1.61. The average molecular weight is 274 g/mol. The molecule has 0 unspecified atom stereocenters. The molecule has 3 heteroatoms. The molecular formula is C16H18O2S. The molecule has 2 nitrogen and oxygen atoms in total. The number of carbonyl (C=O) groups is 1. The summed E-state index contributed by atoms with van der Waals surface area (Å²) >= 11 is 1.37. The second-order valence-electron chi connectivity index (χ2n) is 5.06. The van der Waals surface area contributed by atoms with Crippen LogP contribution >= 0.6 is 11.3 Å². The van der Waals surface area contributed by atoms with E-state index in [9.17, 15) is 4.79 Å². The summed E-state index contributed by atoms with van der Waals surface area (Å²) < 4.78 is 0. The van der Waals surface area contributed by atoms with E-state index in [1.807, 2.05) is 6.92 Å². The smallest absolute Gasteiger partial charge is 0.345 e. The molecule has 1 N–H and O–H groups in total. The van der Waals surface area contributed by atoms with Crippen molar-refractivity contribution in [3.8, 4) is 10.4 Å². The fourth-order valence-corrected chi connectivity index (χ4v) is 3.56. The molecule has 1 aromatic carbocycles. The topological polar surface area (TPSA) is 37.3 Å². The van der Waals surface area contributed by atoms with E-state index in [0.29, 0.717) is 4.88 Å². The monoisotopic (exact) mass is 274 g/mol. The maximum absolute atomic E-state index is 11.1. The van der Waals surface area contributed by atoms with Crippen molar-refractivity contribution in [3.63, 3.8) is 0 Å². The van der Waals surface area contributed by atoms with Crippen molar-refractivity contribution < 1.29 is 9.90 Å². The standard InChI is InChI=1S/C16H18O2S/c1-8-6-9(2)12(5)14(11(8)4)15-10(3)7-13(19-15)16(17)18/h6-7H,1-5H3,(H,17,18). The largest absolute Gasteiger partial charge is 0.477 e. The van der Waals surface area contributed by atoms with E-state index in [2.05, 4.69) is 33.8 Å². The molecule has 0 saturated heterocycles. The van der Waals surface area contributed by atoms with Crippen LogP contribution in [-0.4, -0.2) is 11.1 Å². The fourth-order valence-electron chi connectivity index (χ4n) is 2.39. The minimum atomic E-state index is -0.848. The number of hydrogen-bond acceptors (Lipinski definition) is 2. The SMILES string of the molecule is Cc1cc(C(=O)O)sc1-c1c(C)c(C)cc(C)c1C. The predicted octanol–water partition coefficient (Wildman–Crippen LogP) is 4.66. The van der Waals surface area contributed by atoms with Gasteiger partial charge in [0.1, 0.15) is 4.88 Å². The van der Waals surface area contributed by atoms with E-state index in [-0.39, 0.29) is 0 Å². The molecule has 0 spiro atoms. The lowest BCUT2D eigenvalue weighted by molar-refractivity contribution is 0.0702. The van der Waals surface area contributed by atoms with E-state index in [1.54, 1.807) is 6.07 Å². The molecule has 2 rings (SSSR count). The Kier molecular flexibility index (Phi) is 3.50. The van der Waals surface area contributed by atoms with Gasteiger partial charge in [0.05, 0.1) is 0 Å². The Balaban J connectivity index is 2.75. The second-order valence-corrected chi connectivity index (χ2v) is 6.12. The van der Waals surface area contributed by atoms with Gasteiger partial charge in [0.2, 0.25) is 0 Å². The number of carboxylic acid groups (broad SMARTS) is 1. The first kappa shape index (κ1) is 13.8. The van der Waals surface area contributed by atoms with Crippen LogP contribution < -0.4 is 0 Å². The Labute approximate surface area is 117 Å². The summed E-state index contributed by atoms with van der Waals surface area (Å²) in [5, 5.41) is 9.13. The van der Waals surface area contributed by atoms with Crippen molar-refractivity contribution in [2.75, 3.05) is 0 Å². The van der Waals surface area contributed by atoms with Crippen LogP contribution in [0.4, 0.5) is 0 Å². The third kappa shape index (κ3) is 2.30. The maximum atomic E-state index is 11.1. The fraction of sp³-hybridized carbons (Fsp3) is 0.312. The number of aryl methyl sites for hydroxylation is 3. The summed E-state index contributed by atoms with van der Waals surface area (Å²) in [5.74, 6) is -0.848. The highest BCUT2D eigenvalue weighted by atomic mass is 32.1. The Morgan fingerprint density at radius 3 is 1.89 bits per heavy atom. The molecule has 0 aliphatic carbocycles. The van der Waals surface area contributed by atoms with Crippen molar-refractivity contribution in [1.82, 2.24) is 0 Å². The summed E-state index contributed by atoms with van der Waals surface area (Å²) in [4.78, 5) is 12.6. The minimum Gasteiger partial charge on any atom is -0.477 e. The van der Waals surface area contributed by atoms with Gasteiger partial charge in [-0.3, -0.25) is 0 Å². The van der Waals surface area contributed by atoms with Crippen LogP contribution in [0.2, 0.25) is 0 Å². The van der Waals surface area contributed by atoms with E-state index in [1.165, 1.54) is 39.2 Å². The summed E-state index contributed by atoms with van der Waals surface area (Å²) in [6.07, 6.45) is 0. The zero-order chi connectivity index (χ0) is 14.3. The lowest BCUT2D eigenvalue weighted by atomic mass is 9.92. The van der Waals surface area contributed by atoms with Gasteiger partial charge in [0, 0.05) is 4.88 Å². The molecule has 2 aromatic rings. The van der Waals surface area contributed by atoms with Gasteiger partial charge in [-0.25, -0.2) is 4.79 Å². The summed E-state index contributed by atoms with van der Waals surface area (Å²) in [7, 11) is 0. The molecule has 0 radical (unpaired) electrons. The molecule has 0 bridgehead atoms. The molecule has 0 atom stereocenters. The van der Waals surface area contributed by atoms with Gasteiger partial charge in [0.15, 0.2) is 0 Å². The highest BCUT2D eigenvalue weighted by Gasteiger charge is 2.17. The van der Waals surface area contributed by atoms with Gasteiger partial charge in [-0.15, -0.1) is 11.3 Å². The highest BCUT2D eigenvalue weighted by Crippen LogP contribution is 2.38. The number of thiophene rings is 1. The van der Waals surface area contributed by atoms with Crippen LogP contribution in [-0.2, 0) is 0 Å². The Morgan fingerprint density at radius 1 is 0.947 bits per heavy atom. The van der Waals surface area contributed by atoms with E-state index >= 15 is 0 Å². The van der Waals surface area contributed by atoms with Crippen LogP contribution in [0.3, 0.4) is 0 Å². The summed E-state index contributed by atoms with van der Waals surface area (Å²) in [6.45, 7) is 10.4. The van der Waals surface area contributed by atoms with Crippen molar-refractivity contribution >= 4 is 17.3 Å². The molecule has 0 amide bonds. The van der Waals surface area contributed by atoms with Gasteiger partial charge >= 0.3 is 5.97 Å². The molecule has 0 fully saturated rings. The van der Waals surface area contributed by atoms with Crippen molar-refractivity contribution in [2.45, 2.75) is 34.6 Å². The quantitative estimate of drug-likeness (QED) is 0.865. The molecule has 0 aliphatic rings. The number of benzene rings is 1. The molecule has 0 aliphatic heterocycles. The van der Waals surface area contributed by atoms with Gasteiger partial charge in [-0.1, -0.05) is 6.07 Å². The van der Waals surface area contributed by atoms with Gasteiger partial charge in [-0.2, -0.15) is 0 Å². The first-order valence-electron chi connectivity index (χ1n) is 6.24. The van der Waals surface area contributed by atoms with Gasteiger partial charge < -0.3 is 5.11 Å². The average Bonchev–Trinajstić information content (AvgIpc) is 2.70. The van der Waals surface area contributed by atoms with Crippen molar-refractivity contribution in [3.05, 3.63) is 44.8 Å². The van der Waals surface area contributed by atoms with Crippen molar-refractivity contribution in [1.29, 1.82) is 0 Å². The minimum absolute atomic E-state index is 0.408. The molecule has 1 aromatic heterocycles. The van der Waals surface area contributed by atoms with Crippen LogP contribution in [0.15, 0.2) is 12.1 Å². The summed E-state index contributed by atoms with van der Waals surface area (Å²) in [6, 6.07) is 3.95. The van der Waals surface area contributed by atoms with Crippen LogP contribution in [0, 0.1) is 34.6 Å². The lowest BCUT2D eigenvalue weighted by Crippen LogP contribution is -1.94. The molecular weight excluding hydrogens is 256 g/mol. The van der Waals surface area contributed by atoms with Gasteiger partial charge in [0.25, 0.3) is 0 Å². The molecule has 0 saturated carbocycles. The number of aromatic carboxylic acids is 1. The lowest BCUT2D eigenvalue weighted by Gasteiger charge is -2.14. The van der Waals surface area contributed by atoms with Crippen molar-refractivity contribution in [2.24, 2.45) is 0 Å². The molecule has 100 valence electrons. The van der Waals surface area contributed by atoms with Crippen LogP contribution in [0.5, 0.6) is 0 Å². The second kappa shape index (κ2) is 4.82. The molecule has 19 heavy (non-hydrogen) atoms. The van der Waals surface area contributed by atoms with Crippen LogP contribution in [0.25, 0.3) is 10.4 Å². The van der Waals surface area contributed by atoms with E-state index < -0.39 is 5.97 Å². The van der Waals surface area contributed by atoms with E-state index in [0.717, 1.165) is 10.4 Å². The number of rotatable bonds is 2. The Bertz CT molecular complexity index is 640. The first-order chi connectivity index (χ1) is 8.82. The normalized spacial score (nSPS) is 10.8.